The minimum atomic E-state index is -1.28. The normalized spacial score (nSPS) is 35.5. The summed E-state index contributed by atoms with van der Waals surface area (Å²) in [5.74, 6) is -0.266. The molecule has 0 spiro atoms. The van der Waals surface area contributed by atoms with Gasteiger partial charge in [-0.1, -0.05) is 113 Å². The van der Waals surface area contributed by atoms with Crippen LogP contribution in [0.25, 0.3) is 0 Å². The monoisotopic (exact) mass is 780 g/mol. The summed E-state index contributed by atoms with van der Waals surface area (Å²) in [5.41, 5.74) is 1.70. The Balaban J connectivity index is 1.11. The van der Waals surface area contributed by atoms with Crippen molar-refractivity contribution in [1.29, 1.82) is 0 Å². The quantitative estimate of drug-likeness (QED) is 0.192. The molecule has 14 atom stereocenters. The number of rotatable bonds is 14. The number of nitrogens with one attached hydrogen (secondary N) is 2. The number of aliphatic hydroxyl groups excluding tert-OH is 2. The van der Waals surface area contributed by atoms with E-state index >= 15 is 0 Å². The summed E-state index contributed by atoms with van der Waals surface area (Å²) in [6.45, 7) is 8.26. The second-order valence-electron chi connectivity index (χ2n) is 14.9. The van der Waals surface area contributed by atoms with E-state index in [1.165, 1.54) is 0 Å². The molecule has 14 heteroatoms. The van der Waals surface area contributed by atoms with E-state index in [-0.39, 0.29) is 37.8 Å². The molecule has 4 aliphatic rings. The van der Waals surface area contributed by atoms with Crippen molar-refractivity contribution in [2.45, 2.75) is 134 Å². The Morgan fingerprint density at radius 2 is 1.27 bits per heavy atom. The van der Waals surface area contributed by atoms with E-state index in [1.807, 2.05) is 101 Å². The zero-order chi connectivity index (χ0) is 39.6. The molecule has 14 nitrogen and oxygen atoms in total. The highest BCUT2D eigenvalue weighted by Crippen LogP contribution is 2.38. The fraction of sp³-hybridized carbons (Fsp3) is 0.571. The molecule has 3 heterocycles. The van der Waals surface area contributed by atoms with Crippen LogP contribution in [0.1, 0.15) is 58.1 Å². The lowest BCUT2D eigenvalue weighted by molar-refractivity contribution is -0.289. The van der Waals surface area contributed by atoms with Crippen LogP contribution in [0.4, 0.5) is 9.59 Å². The standard InChI is InChI=1S/C42H56N2O12/c1-5-29-19-20-31(44-42(48)51-24-28-16-11-8-12-17-28)39(52-29)54-35-26(4)22-25(3)33(45)37(35)56-40-34(46)36(32(6-2)53-40)55-38-30(18-13-21-49-38)43-41(47)50-23-27-14-9-7-10-15-27/h7-20,25-26,29-40,45-46H,5-6,21-24H2,1-4H3,(H,43,47)(H,44,48). The Hall–Kier alpha value is -3.86. The Labute approximate surface area is 328 Å². The third-order valence-electron chi connectivity index (χ3n) is 10.6. The highest BCUT2D eigenvalue weighted by Gasteiger charge is 2.52. The van der Waals surface area contributed by atoms with Crippen LogP contribution in [-0.4, -0.2) is 103 Å². The molecular weight excluding hydrogens is 724 g/mol. The summed E-state index contributed by atoms with van der Waals surface area (Å²) in [5, 5.41) is 28.9. The van der Waals surface area contributed by atoms with Gasteiger partial charge in [-0.3, -0.25) is 0 Å². The molecule has 14 unspecified atom stereocenters. The molecule has 2 amide bonds. The molecule has 306 valence electrons. The molecule has 6 rings (SSSR count). The van der Waals surface area contributed by atoms with Gasteiger partial charge in [0, 0.05) is 0 Å². The second kappa shape index (κ2) is 20.0. The fourth-order valence-corrected chi connectivity index (χ4v) is 7.54. The summed E-state index contributed by atoms with van der Waals surface area (Å²) in [7, 11) is 0. The van der Waals surface area contributed by atoms with Gasteiger partial charge in [0.1, 0.15) is 43.6 Å². The summed E-state index contributed by atoms with van der Waals surface area (Å²) < 4.78 is 48.8. The Kier molecular flexibility index (Phi) is 14.9. The van der Waals surface area contributed by atoms with Gasteiger partial charge in [0.2, 0.25) is 0 Å². The number of alkyl carbamates (subject to hydrolysis) is 2. The highest BCUT2D eigenvalue weighted by atomic mass is 16.8. The van der Waals surface area contributed by atoms with Crippen molar-refractivity contribution >= 4 is 12.2 Å². The van der Waals surface area contributed by atoms with Crippen LogP contribution in [-0.2, 0) is 51.1 Å². The van der Waals surface area contributed by atoms with Crippen molar-refractivity contribution in [2.24, 2.45) is 11.8 Å². The van der Waals surface area contributed by atoms with Crippen LogP contribution in [0.2, 0.25) is 0 Å². The predicted molar refractivity (Wildman–Crippen MR) is 203 cm³/mol. The first-order valence-corrected chi connectivity index (χ1v) is 19.7. The second-order valence-corrected chi connectivity index (χ2v) is 14.9. The van der Waals surface area contributed by atoms with E-state index in [2.05, 4.69) is 10.6 Å². The van der Waals surface area contributed by atoms with Gasteiger partial charge in [-0.25, -0.2) is 9.59 Å². The molecule has 3 aliphatic heterocycles. The Bertz CT molecular complexity index is 1600. The zero-order valence-corrected chi connectivity index (χ0v) is 32.4. The van der Waals surface area contributed by atoms with Gasteiger partial charge in [-0.15, -0.1) is 0 Å². The van der Waals surface area contributed by atoms with Crippen LogP contribution >= 0.6 is 0 Å². The van der Waals surface area contributed by atoms with Crippen LogP contribution in [0.3, 0.4) is 0 Å². The smallest absolute Gasteiger partial charge is 0.408 e. The SMILES string of the molecule is CCC1C=CC(NC(=O)OCc2ccccc2)C(OC2C(C)CC(C)C(O)C2OC2OC(CC)C(OC3OCC=CC3NC(=O)OCc3ccccc3)C2O)O1. The first-order chi connectivity index (χ1) is 27.1. The van der Waals surface area contributed by atoms with Crippen LogP contribution in [0.5, 0.6) is 0 Å². The molecule has 4 N–H and O–H groups in total. The minimum absolute atomic E-state index is 0.0950. The van der Waals surface area contributed by atoms with Crippen molar-refractivity contribution in [2.75, 3.05) is 6.61 Å². The summed E-state index contributed by atoms with van der Waals surface area (Å²) in [6.07, 6.45) is -0.999. The van der Waals surface area contributed by atoms with E-state index in [9.17, 15) is 19.8 Å². The van der Waals surface area contributed by atoms with Crippen molar-refractivity contribution in [1.82, 2.24) is 10.6 Å². The highest BCUT2D eigenvalue weighted by molar-refractivity contribution is 5.68. The first-order valence-electron chi connectivity index (χ1n) is 19.7. The number of carbonyl (C=O) groups is 2. The molecule has 0 radical (unpaired) electrons. The fourth-order valence-electron chi connectivity index (χ4n) is 7.54. The molecule has 2 fully saturated rings. The van der Waals surface area contributed by atoms with Crippen LogP contribution < -0.4 is 10.6 Å². The van der Waals surface area contributed by atoms with Gasteiger partial charge in [-0.2, -0.15) is 0 Å². The average molecular weight is 781 g/mol. The van der Waals surface area contributed by atoms with Gasteiger partial charge in [0.05, 0.1) is 31.0 Å². The van der Waals surface area contributed by atoms with Gasteiger partial charge in [0.25, 0.3) is 0 Å². The molecule has 2 aromatic carbocycles. The molecule has 1 saturated heterocycles. The number of ether oxygens (including phenoxy) is 8. The summed E-state index contributed by atoms with van der Waals surface area (Å²) in [6, 6.07) is 17.3. The van der Waals surface area contributed by atoms with Gasteiger partial charge >= 0.3 is 12.2 Å². The third-order valence-corrected chi connectivity index (χ3v) is 10.6. The van der Waals surface area contributed by atoms with Crippen molar-refractivity contribution in [3.8, 4) is 0 Å². The lowest BCUT2D eigenvalue weighted by Gasteiger charge is -2.46. The van der Waals surface area contributed by atoms with E-state index in [4.69, 9.17) is 37.9 Å². The Morgan fingerprint density at radius 1 is 0.679 bits per heavy atom. The lowest BCUT2D eigenvalue weighted by Crippen LogP contribution is -2.58. The maximum absolute atomic E-state index is 12.9. The molecule has 56 heavy (non-hydrogen) atoms. The number of carbonyl (C=O) groups excluding carboxylic acids is 2. The molecule has 1 saturated carbocycles. The van der Waals surface area contributed by atoms with Gasteiger partial charge < -0.3 is 58.7 Å². The minimum Gasteiger partial charge on any atom is -0.445 e. The van der Waals surface area contributed by atoms with Crippen LogP contribution in [0, 0.1) is 11.8 Å². The number of amides is 2. The van der Waals surface area contributed by atoms with Gasteiger partial charge in [-0.05, 0) is 42.2 Å². The first kappa shape index (κ1) is 41.8. The number of benzene rings is 2. The molecule has 0 bridgehead atoms. The summed E-state index contributed by atoms with van der Waals surface area (Å²) in [4.78, 5) is 25.6. The van der Waals surface area contributed by atoms with E-state index in [1.54, 1.807) is 12.2 Å². The molecule has 1 aliphatic carbocycles. The topological polar surface area (TPSA) is 172 Å². The van der Waals surface area contributed by atoms with E-state index in [0.717, 1.165) is 11.1 Å². The van der Waals surface area contributed by atoms with Crippen molar-refractivity contribution < 1.29 is 57.7 Å². The predicted octanol–water partition coefficient (Wildman–Crippen LogP) is 4.87. The molecular formula is C42H56N2O12. The van der Waals surface area contributed by atoms with Crippen LogP contribution in [0.15, 0.2) is 85.0 Å². The van der Waals surface area contributed by atoms with E-state index < -0.39 is 79.8 Å². The lowest BCUT2D eigenvalue weighted by atomic mass is 9.77. The number of hydrogen-bond acceptors (Lipinski definition) is 12. The largest absolute Gasteiger partial charge is 0.445 e. The summed E-state index contributed by atoms with van der Waals surface area (Å²) >= 11 is 0. The van der Waals surface area contributed by atoms with Crippen molar-refractivity contribution in [3.05, 3.63) is 96.1 Å². The number of aliphatic hydroxyl groups is 2. The Morgan fingerprint density at radius 3 is 1.88 bits per heavy atom. The molecule has 2 aromatic rings. The third kappa shape index (κ3) is 10.7. The maximum Gasteiger partial charge on any atom is 0.408 e. The zero-order valence-electron chi connectivity index (χ0n) is 32.4. The van der Waals surface area contributed by atoms with Crippen molar-refractivity contribution in [3.63, 3.8) is 0 Å². The molecule has 0 aromatic heterocycles. The van der Waals surface area contributed by atoms with Gasteiger partial charge in [0.15, 0.2) is 18.9 Å². The van der Waals surface area contributed by atoms with E-state index in [0.29, 0.717) is 19.3 Å². The average Bonchev–Trinajstić information content (AvgIpc) is 3.51. The maximum atomic E-state index is 12.9. The number of hydrogen-bond donors (Lipinski definition) is 4.